The molecule has 0 heterocycles. The van der Waals surface area contributed by atoms with Gasteiger partial charge in [0.05, 0.1) is 0 Å². The van der Waals surface area contributed by atoms with Crippen LogP contribution in [0.5, 0.6) is 0 Å². The van der Waals surface area contributed by atoms with E-state index in [2.05, 4.69) is 23.5 Å². The van der Waals surface area contributed by atoms with Gasteiger partial charge in [-0.2, -0.15) is 0 Å². The number of nitrogens with zero attached hydrogens (tertiary/aromatic N) is 1. The predicted molar refractivity (Wildman–Crippen MR) is 56.8 cm³/mol. The Morgan fingerprint density at radius 3 is 2.62 bits per heavy atom. The van der Waals surface area contributed by atoms with Gasteiger partial charge in [0.25, 0.3) is 0 Å². The lowest BCUT2D eigenvalue weighted by molar-refractivity contribution is 0.144. The highest BCUT2D eigenvalue weighted by molar-refractivity contribution is 5.73. The lowest BCUT2D eigenvalue weighted by Crippen LogP contribution is -2.25. The number of rotatable bonds is 4. The largest absolute Gasteiger partial charge is 0.470 e. The number of ether oxygens (including phenoxy) is 1. The van der Waals surface area contributed by atoms with Gasteiger partial charge in [-0.05, 0) is 26.3 Å². The van der Waals surface area contributed by atoms with Crippen molar-refractivity contribution in [2.45, 2.75) is 39.7 Å². The van der Waals surface area contributed by atoms with Crippen molar-refractivity contribution in [3.8, 4) is 0 Å². The molecule has 0 spiro atoms. The molecule has 0 bridgehead atoms. The molecule has 76 valence electrons. The van der Waals surface area contributed by atoms with Crippen molar-refractivity contribution in [3.63, 3.8) is 0 Å². The number of hydrogen-bond acceptors (Lipinski definition) is 3. The summed E-state index contributed by atoms with van der Waals surface area (Å²) in [6.45, 7) is 7.95. The number of hydrogen-bond donors (Lipinski definition) is 1. The van der Waals surface area contributed by atoms with Crippen molar-refractivity contribution in [2.75, 3.05) is 7.05 Å². The van der Waals surface area contributed by atoms with Crippen LogP contribution >= 0.6 is 0 Å². The van der Waals surface area contributed by atoms with Gasteiger partial charge in [-0.1, -0.05) is 13.0 Å². The molecular weight excluding hydrogens is 164 g/mol. The van der Waals surface area contributed by atoms with Gasteiger partial charge in [-0.15, -0.1) is 5.10 Å². The van der Waals surface area contributed by atoms with Crippen LogP contribution in [0, 0.1) is 0 Å². The Balaban J connectivity index is 4.16. The third-order valence-corrected chi connectivity index (χ3v) is 1.43. The van der Waals surface area contributed by atoms with Crippen LogP contribution in [0.1, 0.15) is 34.1 Å². The Bertz CT molecular complexity index is 195. The van der Waals surface area contributed by atoms with Crippen LogP contribution < -0.4 is 5.43 Å². The molecular formula is C10H20N2O. The molecule has 0 radical (unpaired) electrons. The Morgan fingerprint density at radius 1 is 1.54 bits per heavy atom. The molecule has 0 saturated carbocycles. The smallest absolute Gasteiger partial charge is 0.203 e. The number of allylic oxidation sites excluding steroid dienone is 1. The van der Waals surface area contributed by atoms with Gasteiger partial charge < -0.3 is 10.2 Å². The first-order valence-electron chi connectivity index (χ1n) is 4.59. The standard InChI is InChI=1S/C10H20N2O/c1-6-7-8-10(3,4)13-9(2)12-11-5/h7-8,11H,6H2,1-5H3/b8-7-,12-9-. The molecule has 0 rings (SSSR count). The second-order valence-electron chi connectivity index (χ2n) is 3.37. The zero-order valence-electron chi connectivity index (χ0n) is 9.22. The lowest BCUT2D eigenvalue weighted by atomic mass is 10.1. The van der Waals surface area contributed by atoms with Crippen molar-refractivity contribution < 1.29 is 4.74 Å². The van der Waals surface area contributed by atoms with E-state index in [1.165, 1.54) is 0 Å². The Kier molecular flexibility index (Phi) is 5.19. The van der Waals surface area contributed by atoms with Crippen LogP contribution in [0.25, 0.3) is 0 Å². The molecule has 0 amide bonds. The fourth-order valence-corrected chi connectivity index (χ4v) is 0.997. The zero-order valence-corrected chi connectivity index (χ0v) is 9.22. The zero-order chi connectivity index (χ0) is 10.3. The van der Waals surface area contributed by atoms with E-state index in [9.17, 15) is 0 Å². The topological polar surface area (TPSA) is 33.6 Å². The molecule has 0 saturated heterocycles. The van der Waals surface area contributed by atoms with Crippen LogP contribution in [0.2, 0.25) is 0 Å². The van der Waals surface area contributed by atoms with Crippen LogP contribution in [0.4, 0.5) is 0 Å². The van der Waals surface area contributed by atoms with E-state index in [0.29, 0.717) is 5.90 Å². The monoisotopic (exact) mass is 184 g/mol. The maximum absolute atomic E-state index is 5.58. The molecule has 0 aliphatic carbocycles. The summed E-state index contributed by atoms with van der Waals surface area (Å²) in [5, 5.41) is 3.93. The second kappa shape index (κ2) is 5.62. The van der Waals surface area contributed by atoms with Gasteiger partial charge in [0, 0.05) is 14.0 Å². The van der Waals surface area contributed by atoms with E-state index in [4.69, 9.17) is 4.74 Å². The maximum atomic E-state index is 5.58. The Labute approximate surface area is 80.9 Å². The van der Waals surface area contributed by atoms with Crippen LogP contribution in [0.15, 0.2) is 17.3 Å². The normalized spacial score (nSPS) is 13.5. The third kappa shape index (κ3) is 6.20. The summed E-state index contributed by atoms with van der Waals surface area (Å²) >= 11 is 0. The van der Waals surface area contributed by atoms with Gasteiger partial charge in [0.1, 0.15) is 5.60 Å². The summed E-state index contributed by atoms with van der Waals surface area (Å²) in [5.74, 6) is 0.647. The summed E-state index contributed by atoms with van der Waals surface area (Å²) in [4.78, 5) is 0. The number of nitrogens with one attached hydrogen (secondary N) is 1. The Hall–Kier alpha value is -0.990. The van der Waals surface area contributed by atoms with Gasteiger partial charge in [-0.25, -0.2) is 0 Å². The molecule has 0 fully saturated rings. The van der Waals surface area contributed by atoms with Crippen molar-refractivity contribution in [1.29, 1.82) is 0 Å². The SMILES string of the molecule is CC/C=C\C(C)(C)O/C(C)=N\NC. The van der Waals surface area contributed by atoms with Gasteiger partial charge in [-0.3, -0.25) is 0 Å². The molecule has 0 aliphatic heterocycles. The molecule has 0 aromatic rings. The summed E-state index contributed by atoms with van der Waals surface area (Å²) in [6, 6.07) is 0. The van der Waals surface area contributed by atoms with E-state index in [1.807, 2.05) is 26.8 Å². The highest BCUT2D eigenvalue weighted by Gasteiger charge is 2.15. The third-order valence-electron chi connectivity index (χ3n) is 1.43. The fourth-order valence-electron chi connectivity index (χ4n) is 0.997. The predicted octanol–water partition coefficient (Wildman–Crippen LogP) is 2.30. The molecule has 0 atom stereocenters. The first kappa shape index (κ1) is 12.0. The average molecular weight is 184 g/mol. The molecule has 0 unspecified atom stereocenters. The first-order chi connectivity index (χ1) is 6.02. The summed E-state index contributed by atoms with van der Waals surface area (Å²) in [6.07, 6.45) is 5.16. The maximum Gasteiger partial charge on any atom is 0.203 e. The van der Waals surface area contributed by atoms with E-state index in [1.54, 1.807) is 7.05 Å². The van der Waals surface area contributed by atoms with Crippen molar-refractivity contribution in [3.05, 3.63) is 12.2 Å². The van der Waals surface area contributed by atoms with Gasteiger partial charge in [0.15, 0.2) is 0 Å². The number of hydrazone groups is 1. The van der Waals surface area contributed by atoms with E-state index >= 15 is 0 Å². The molecule has 1 N–H and O–H groups in total. The molecule has 3 nitrogen and oxygen atoms in total. The summed E-state index contributed by atoms with van der Waals surface area (Å²) in [7, 11) is 1.75. The minimum Gasteiger partial charge on any atom is -0.470 e. The molecule has 0 aromatic carbocycles. The quantitative estimate of drug-likeness (QED) is 0.315. The highest BCUT2D eigenvalue weighted by atomic mass is 16.5. The first-order valence-corrected chi connectivity index (χ1v) is 4.59. The van der Waals surface area contributed by atoms with E-state index in [-0.39, 0.29) is 5.60 Å². The minimum atomic E-state index is -0.277. The lowest BCUT2D eigenvalue weighted by Gasteiger charge is -2.22. The van der Waals surface area contributed by atoms with E-state index in [0.717, 1.165) is 6.42 Å². The van der Waals surface area contributed by atoms with Crippen LogP contribution in [-0.2, 0) is 4.74 Å². The fraction of sp³-hybridized carbons (Fsp3) is 0.700. The van der Waals surface area contributed by atoms with Crippen LogP contribution in [-0.4, -0.2) is 18.5 Å². The molecule has 3 heteroatoms. The molecule has 0 aromatic heterocycles. The molecule has 0 aliphatic rings. The summed E-state index contributed by atoms with van der Waals surface area (Å²) in [5.41, 5.74) is 2.41. The summed E-state index contributed by atoms with van der Waals surface area (Å²) < 4.78 is 5.58. The minimum absolute atomic E-state index is 0.277. The van der Waals surface area contributed by atoms with Crippen molar-refractivity contribution in [1.82, 2.24) is 5.43 Å². The second-order valence-corrected chi connectivity index (χ2v) is 3.37. The van der Waals surface area contributed by atoms with E-state index < -0.39 is 0 Å². The molecule has 13 heavy (non-hydrogen) atoms. The Morgan fingerprint density at radius 2 is 2.15 bits per heavy atom. The van der Waals surface area contributed by atoms with Gasteiger partial charge >= 0.3 is 0 Å². The highest BCUT2D eigenvalue weighted by Crippen LogP contribution is 2.11. The van der Waals surface area contributed by atoms with Crippen LogP contribution in [0.3, 0.4) is 0 Å². The van der Waals surface area contributed by atoms with Crippen molar-refractivity contribution in [2.24, 2.45) is 5.10 Å². The average Bonchev–Trinajstić information content (AvgIpc) is 2.00. The van der Waals surface area contributed by atoms with Crippen molar-refractivity contribution >= 4 is 5.90 Å². The van der Waals surface area contributed by atoms with Gasteiger partial charge in [0.2, 0.25) is 5.90 Å².